The highest BCUT2D eigenvalue weighted by molar-refractivity contribution is 5.95. The summed E-state index contributed by atoms with van der Waals surface area (Å²) in [5.74, 6) is -0.164. The lowest BCUT2D eigenvalue weighted by Gasteiger charge is -2.22. The zero-order valence-corrected chi connectivity index (χ0v) is 15.6. The number of nitrogens with zero attached hydrogens (tertiary/aromatic N) is 3. The molecule has 5 heteroatoms. The number of hydrogen-bond donors (Lipinski definition) is 1. The smallest absolute Gasteiger partial charge is 0.253 e. The van der Waals surface area contributed by atoms with Crippen molar-refractivity contribution in [2.45, 2.75) is 6.17 Å². The van der Waals surface area contributed by atoms with Gasteiger partial charge >= 0.3 is 0 Å². The summed E-state index contributed by atoms with van der Waals surface area (Å²) in [6.45, 7) is 0. The molecule has 5 aromatic rings. The molecule has 0 aliphatic heterocycles. The molecule has 0 bridgehead atoms. The zero-order chi connectivity index (χ0) is 19.6. The highest BCUT2D eigenvalue weighted by Crippen LogP contribution is 2.27. The molecule has 140 valence electrons. The fourth-order valence-corrected chi connectivity index (χ4v) is 3.63. The molecule has 1 atom stereocenters. The molecule has 0 spiro atoms. The van der Waals surface area contributed by atoms with E-state index in [1.165, 1.54) is 0 Å². The molecule has 1 unspecified atom stereocenters. The topological polar surface area (TPSA) is 59.8 Å². The Hall–Kier alpha value is -3.99. The van der Waals surface area contributed by atoms with E-state index in [1.807, 2.05) is 66.7 Å². The number of rotatable bonds is 4. The van der Waals surface area contributed by atoms with Crippen LogP contribution in [0.1, 0.15) is 22.1 Å². The summed E-state index contributed by atoms with van der Waals surface area (Å²) in [6, 6.07) is 31.2. The van der Waals surface area contributed by atoms with Crippen LogP contribution in [-0.2, 0) is 0 Å². The first kappa shape index (κ1) is 17.1. The van der Waals surface area contributed by atoms with Gasteiger partial charge in [0.2, 0.25) is 0 Å². The molecule has 0 saturated heterocycles. The van der Waals surface area contributed by atoms with Gasteiger partial charge in [0, 0.05) is 11.1 Å². The second-order valence-electron chi connectivity index (χ2n) is 6.83. The molecular weight excluding hydrogens is 360 g/mol. The first-order valence-electron chi connectivity index (χ1n) is 9.45. The fraction of sp³-hybridized carbons (Fsp3) is 0.0417. The summed E-state index contributed by atoms with van der Waals surface area (Å²) in [6.07, 6.45) is -0.499. The normalized spacial score (nSPS) is 12.1. The van der Waals surface area contributed by atoms with Crippen LogP contribution in [0.5, 0.6) is 0 Å². The van der Waals surface area contributed by atoms with Crippen molar-refractivity contribution in [2.75, 3.05) is 0 Å². The number of hydrogen-bond acceptors (Lipinski definition) is 3. The summed E-state index contributed by atoms with van der Waals surface area (Å²) in [7, 11) is 0. The lowest BCUT2D eigenvalue weighted by Crippen LogP contribution is -2.34. The van der Waals surface area contributed by atoms with Crippen molar-refractivity contribution in [1.29, 1.82) is 0 Å². The first-order valence-corrected chi connectivity index (χ1v) is 9.45. The Bertz CT molecular complexity index is 1310. The maximum absolute atomic E-state index is 13.0. The molecule has 0 saturated carbocycles. The number of aromatic nitrogens is 3. The molecule has 0 fully saturated rings. The third-order valence-electron chi connectivity index (χ3n) is 5.04. The minimum atomic E-state index is -0.499. The number of para-hydroxylation sites is 1. The monoisotopic (exact) mass is 378 g/mol. The number of carbonyl (C=O) groups is 1. The van der Waals surface area contributed by atoms with Gasteiger partial charge in [-0.25, -0.2) is 4.68 Å². The van der Waals surface area contributed by atoms with E-state index < -0.39 is 6.17 Å². The van der Waals surface area contributed by atoms with Crippen LogP contribution in [0.2, 0.25) is 0 Å². The van der Waals surface area contributed by atoms with E-state index in [-0.39, 0.29) is 5.91 Å². The van der Waals surface area contributed by atoms with Gasteiger partial charge in [-0.3, -0.25) is 4.79 Å². The largest absolute Gasteiger partial charge is 0.326 e. The van der Waals surface area contributed by atoms with Crippen molar-refractivity contribution in [2.24, 2.45) is 0 Å². The van der Waals surface area contributed by atoms with Crippen molar-refractivity contribution in [1.82, 2.24) is 20.3 Å². The number of fused-ring (bicyclic) bond motifs is 2. The molecular formula is C24H18N4O. The predicted octanol–water partition coefficient (Wildman–Crippen LogP) is 4.56. The van der Waals surface area contributed by atoms with Gasteiger partial charge in [-0.1, -0.05) is 78.0 Å². The number of nitrogens with one attached hydrogen (secondary N) is 1. The van der Waals surface area contributed by atoms with Crippen LogP contribution >= 0.6 is 0 Å². The van der Waals surface area contributed by atoms with Gasteiger partial charge in [-0.05, 0) is 35.0 Å². The average molecular weight is 378 g/mol. The molecule has 4 aromatic carbocycles. The molecule has 5 rings (SSSR count). The van der Waals surface area contributed by atoms with E-state index >= 15 is 0 Å². The second-order valence-corrected chi connectivity index (χ2v) is 6.83. The van der Waals surface area contributed by atoms with Gasteiger partial charge in [0.15, 0.2) is 6.17 Å². The Balaban J connectivity index is 1.68. The van der Waals surface area contributed by atoms with E-state index in [0.717, 1.165) is 27.4 Å². The van der Waals surface area contributed by atoms with E-state index in [0.29, 0.717) is 5.56 Å². The van der Waals surface area contributed by atoms with Crippen molar-refractivity contribution in [3.63, 3.8) is 0 Å². The molecule has 1 N–H and O–H groups in total. The summed E-state index contributed by atoms with van der Waals surface area (Å²) < 4.78 is 1.78. The Morgan fingerprint density at radius 3 is 2.41 bits per heavy atom. The molecule has 0 aliphatic rings. The lowest BCUT2D eigenvalue weighted by atomic mass is 10.0. The molecule has 0 radical (unpaired) electrons. The minimum Gasteiger partial charge on any atom is -0.326 e. The van der Waals surface area contributed by atoms with Gasteiger partial charge in [-0.2, -0.15) is 0 Å². The van der Waals surface area contributed by atoms with Gasteiger partial charge in [0.25, 0.3) is 5.91 Å². The van der Waals surface area contributed by atoms with E-state index in [1.54, 1.807) is 16.8 Å². The zero-order valence-electron chi connectivity index (χ0n) is 15.6. The third kappa shape index (κ3) is 3.12. The Morgan fingerprint density at radius 2 is 1.52 bits per heavy atom. The highest BCUT2D eigenvalue weighted by Gasteiger charge is 2.22. The maximum atomic E-state index is 13.0. The molecule has 1 amide bonds. The highest BCUT2D eigenvalue weighted by atomic mass is 16.1. The summed E-state index contributed by atoms with van der Waals surface area (Å²) >= 11 is 0. The van der Waals surface area contributed by atoms with Crippen LogP contribution < -0.4 is 5.32 Å². The van der Waals surface area contributed by atoms with Crippen LogP contribution in [0, 0.1) is 0 Å². The Kier molecular flexibility index (Phi) is 4.26. The van der Waals surface area contributed by atoms with Crippen LogP contribution in [0.25, 0.3) is 21.8 Å². The second kappa shape index (κ2) is 7.20. The quantitative estimate of drug-likeness (QED) is 0.499. The van der Waals surface area contributed by atoms with Crippen LogP contribution in [0.15, 0.2) is 97.1 Å². The first-order chi connectivity index (χ1) is 14.3. The van der Waals surface area contributed by atoms with Crippen molar-refractivity contribution in [3.05, 3.63) is 108 Å². The minimum absolute atomic E-state index is 0.164. The van der Waals surface area contributed by atoms with Crippen LogP contribution in [0.3, 0.4) is 0 Å². The fourth-order valence-electron chi connectivity index (χ4n) is 3.63. The molecule has 29 heavy (non-hydrogen) atoms. The predicted molar refractivity (Wildman–Crippen MR) is 114 cm³/mol. The third-order valence-corrected chi connectivity index (χ3v) is 5.04. The molecule has 5 nitrogen and oxygen atoms in total. The van der Waals surface area contributed by atoms with Gasteiger partial charge < -0.3 is 5.32 Å². The molecule has 1 heterocycles. The van der Waals surface area contributed by atoms with E-state index in [9.17, 15) is 4.79 Å². The van der Waals surface area contributed by atoms with Gasteiger partial charge in [0.1, 0.15) is 5.52 Å². The Morgan fingerprint density at radius 1 is 0.793 bits per heavy atom. The summed E-state index contributed by atoms with van der Waals surface area (Å²) in [5.41, 5.74) is 3.20. The SMILES string of the molecule is O=C(NC(c1cccc2ccccc12)n1nnc2ccccc21)c1ccccc1. The van der Waals surface area contributed by atoms with Gasteiger partial charge in [-0.15, -0.1) is 5.10 Å². The van der Waals surface area contributed by atoms with Crippen molar-refractivity contribution < 1.29 is 4.79 Å². The summed E-state index contributed by atoms with van der Waals surface area (Å²) in [5, 5.41) is 14.0. The molecule has 1 aromatic heterocycles. The van der Waals surface area contributed by atoms with Crippen LogP contribution in [0.4, 0.5) is 0 Å². The maximum Gasteiger partial charge on any atom is 0.253 e. The Labute approximate surface area is 167 Å². The summed E-state index contributed by atoms with van der Waals surface area (Å²) in [4.78, 5) is 13.0. The van der Waals surface area contributed by atoms with Crippen molar-refractivity contribution >= 4 is 27.7 Å². The van der Waals surface area contributed by atoms with E-state index in [2.05, 4.69) is 33.8 Å². The standard InChI is InChI=1S/C24H18N4O/c29-24(18-10-2-1-3-11-18)25-23(28-22-16-7-6-15-21(22)26-27-28)20-14-8-12-17-9-4-5-13-19(17)20/h1-16,23H,(H,25,29). The number of amides is 1. The average Bonchev–Trinajstić information content (AvgIpc) is 3.21. The van der Waals surface area contributed by atoms with Gasteiger partial charge in [0.05, 0.1) is 5.52 Å². The number of benzene rings is 4. The van der Waals surface area contributed by atoms with E-state index in [4.69, 9.17) is 0 Å². The number of carbonyl (C=O) groups excluding carboxylic acids is 1. The molecule has 0 aliphatic carbocycles. The lowest BCUT2D eigenvalue weighted by molar-refractivity contribution is 0.0928. The van der Waals surface area contributed by atoms with Crippen LogP contribution in [-0.4, -0.2) is 20.9 Å². The van der Waals surface area contributed by atoms with Crippen molar-refractivity contribution in [3.8, 4) is 0 Å².